The predicted molar refractivity (Wildman–Crippen MR) is 71.2 cm³/mol. The van der Waals surface area contributed by atoms with E-state index >= 15 is 0 Å². The van der Waals surface area contributed by atoms with Gasteiger partial charge in [0.25, 0.3) is 0 Å². The molecule has 1 saturated carbocycles. The van der Waals surface area contributed by atoms with Crippen LogP contribution in [-0.2, 0) is 10.0 Å². The molecule has 0 spiro atoms. The molecule has 0 bridgehead atoms. The molecule has 1 aromatic carbocycles. The van der Waals surface area contributed by atoms with E-state index in [4.69, 9.17) is 0 Å². The summed E-state index contributed by atoms with van der Waals surface area (Å²) in [5.74, 6) is -1.36. The van der Waals surface area contributed by atoms with E-state index in [-0.39, 0.29) is 11.0 Å². The molecule has 1 N–H and O–H groups in total. The molecule has 0 aromatic heterocycles. The second-order valence-electron chi connectivity index (χ2n) is 4.68. The zero-order valence-electron chi connectivity index (χ0n) is 10.1. The third kappa shape index (κ3) is 3.52. The SMILES string of the molecule is O=S(=O)(NCCC1CCC1)c1c(F)cc(F)cc1Br. The van der Waals surface area contributed by atoms with E-state index in [0.29, 0.717) is 12.0 Å². The van der Waals surface area contributed by atoms with E-state index in [1.165, 1.54) is 6.42 Å². The summed E-state index contributed by atoms with van der Waals surface area (Å²) in [4.78, 5) is -0.539. The molecule has 2 rings (SSSR count). The molecule has 0 atom stereocenters. The van der Waals surface area contributed by atoms with Crippen molar-refractivity contribution < 1.29 is 17.2 Å². The van der Waals surface area contributed by atoms with Crippen molar-refractivity contribution in [3.63, 3.8) is 0 Å². The molecule has 1 aliphatic carbocycles. The summed E-state index contributed by atoms with van der Waals surface area (Å²) in [5, 5.41) is 0. The van der Waals surface area contributed by atoms with Crippen LogP contribution in [0.25, 0.3) is 0 Å². The highest BCUT2D eigenvalue weighted by Crippen LogP contribution is 2.29. The lowest BCUT2D eigenvalue weighted by Crippen LogP contribution is -2.28. The third-order valence-electron chi connectivity index (χ3n) is 3.30. The van der Waals surface area contributed by atoms with Crippen molar-refractivity contribution in [3.05, 3.63) is 28.2 Å². The van der Waals surface area contributed by atoms with Crippen LogP contribution in [0.2, 0.25) is 0 Å². The Bertz CT molecular complexity index is 550. The van der Waals surface area contributed by atoms with E-state index in [2.05, 4.69) is 20.7 Å². The van der Waals surface area contributed by atoms with Gasteiger partial charge in [0.1, 0.15) is 16.5 Å². The summed E-state index contributed by atoms with van der Waals surface area (Å²) in [6.45, 7) is 0.274. The van der Waals surface area contributed by atoms with Gasteiger partial charge >= 0.3 is 0 Å². The fourth-order valence-electron chi connectivity index (χ4n) is 2.04. The Labute approximate surface area is 119 Å². The van der Waals surface area contributed by atoms with Gasteiger partial charge in [-0.05, 0) is 34.3 Å². The van der Waals surface area contributed by atoms with Crippen LogP contribution < -0.4 is 4.72 Å². The maximum atomic E-state index is 13.6. The molecule has 1 aliphatic rings. The van der Waals surface area contributed by atoms with Gasteiger partial charge in [0.15, 0.2) is 0 Å². The molecule has 0 aliphatic heterocycles. The van der Waals surface area contributed by atoms with E-state index in [1.807, 2.05) is 0 Å². The Balaban J connectivity index is 2.10. The van der Waals surface area contributed by atoms with Crippen molar-refractivity contribution in [3.8, 4) is 0 Å². The number of hydrogen-bond acceptors (Lipinski definition) is 2. The van der Waals surface area contributed by atoms with Crippen LogP contribution in [0.15, 0.2) is 21.5 Å². The Kier molecular flexibility index (Phi) is 4.58. The van der Waals surface area contributed by atoms with Crippen molar-refractivity contribution in [2.45, 2.75) is 30.6 Å². The second-order valence-corrected chi connectivity index (χ2v) is 7.24. The van der Waals surface area contributed by atoms with Crippen molar-refractivity contribution >= 4 is 26.0 Å². The van der Waals surface area contributed by atoms with Gasteiger partial charge in [0.2, 0.25) is 10.0 Å². The van der Waals surface area contributed by atoms with Crippen LogP contribution in [-0.4, -0.2) is 15.0 Å². The lowest BCUT2D eigenvalue weighted by molar-refractivity contribution is 0.297. The Morgan fingerprint density at radius 1 is 1.32 bits per heavy atom. The van der Waals surface area contributed by atoms with Crippen molar-refractivity contribution in [2.75, 3.05) is 6.54 Å². The Hall–Kier alpha value is -0.530. The van der Waals surface area contributed by atoms with Crippen LogP contribution in [0.5, 0.6) is 0 Å². The van der Waals surface area contributed by atoms with Crippen LogP contribution in [0, 0.1) is 17.6 Å². The summed E-state index contributed by atoms with van der Waals surface area (Å²) >= 11 is 2.88. The van der Waals surface area contributed by atoms with Gasteiger partial charge < -0.3 is 0 Å². The van der Waals surface area contributed by atoms with Crippen LogP contribution >= 0.6 is 15.9 Å². The summed E-state index contributed by atoms with van der Waals surface area (Å²) in [7, 11) is -3.96. The van der Waals surface area contributed by atoms with Crippen LogP contribution in [0.3, 0.4) is 0 Å². The largest absolute Gasteiger partial charge is 0.244 e. The molecule has 3 nitrogen and oxygen atoms in total. The summed E-state index contributed by atoms with van der Waals surface area (Å²) in [6.07, 6.45) is 4.18. The summed E-state index contributed by atoms with van der Waals surface area (Å²) in [6, 6.07) is 1.49. The van der Waals surface area contributed by atoms with Crippen molar-refractivity contribution in [2.24, 2.45) is 5.92 Å². The van der Waals surface area contributed by atoms with Gasteiger partial charge in [-0.2, -0.15) is 0 Å². The Morgan fingerprint density at radius 2 is 2.00 bits per heavy atom. The zero-order valence-corrected chi connectivity index (χ0v) is 12.5. The minimum atomic E-state index is -3.96. The van der Waals surface area contributed by atoms with Gasteiger partial charge in [0.05, 0.1) is 0 Å². The molecule has 1 fully saturated rings. The van der Waals surface area contributed by atoms with E-state index in [0.717, 1.165) is 25.3 Å². The maximum absolute atomic E-state index is 13.6. The number of halogens is 3. The quantitative estimate of drug-likeness (QED) is 0.883. The number of sulfonamides is 1. The van der Waals surface area contributed by atoms with Crippen molar-refractivity contribution in [1.82, 2.24) is 4.72 Å². The van der Waals surface area contributed by atoms with Gasteiger partial charge in [-0.15, -0.1) is 0 Å². The molecule has 0 unspecified atom stereocenters. The molecule has 0 heterocycles. The van der Waals surface area contributed by atoms with E-state index in [9.17, 15) is 17.2 Å². The number of benzene rings is 1. The maximum Gasteiger partial charge on any atom is 0.244 e. The van der Waals surface area contributed by atoms with Gasteiger partial charge in [0, 0.05) is 17.1 Å². The third-order valence-corrected chi connectivity index (χ3v) is 5.73. The fourth-order valence-corrected chi connectivity index (χ4v) is 4.25. The smallest absolute Gasteiger partial charge is 0.211 e. The number of hydrogen-bond donors (Lipinski definition) is 1. The van der Waals surface area contributed by atoms with Crippen LogP contribution in [0.4, 0.5) is 8.78 Å². The second kappa shape index (κ2) is 5.85. The first-order valence-corrected chi connectivity index (χ1v) is 8.32. The molecule has 19 heavy (non-hydrogen) atoms. The normalized spacial score (nSPS) is 16.4. The lowest BCUT2D eigenvalue weighted by Gasteiger charge is -2.25. The van der Waals surface area contributed by atoms with Crippen LogP contribution in [0.1, 0.15) is 25.7 Å². The highest BCUT2D eigenvalue weighted by atomic mass is 79.9. The first kappa shape index (κ1) is 14.9. The molecule has 1 aromatic rings. The zero-order chi connectivity index (χ0) is 14.0. The molecular formula is C12H14BrF2NO2S. The van der Waals surface area contributed by atoms with Crippen molar-refractivity contribution in [1.29, 1.82) is 0 Å². The minimum absolute atomic E-state index is 0.110. The van der Waals surface area contributed by atoms with E-state index < -0.39 is 26.6 Å². The topological polar surface area (TPSA) is 46.2 Å². The standard InChI is InChI=1S/C12H14BrF2NO2S/c13-10-6-9(14)7-11(15)12(10)19(17,18)16-5-4-8-2-1-3-8/h6-8,16H,1-5H2. The average molecular weight is 354 g/mol. The Morgan fingerprint density at radius 3 is 2.53 bits per heavy atom. The van der Waals surface area contributed by atoms with Gasteiger partial charge in [-0.1, -0.05) is 19.3 Å². The highest BCUT2D eigenvalue weighted by molar-refractivity contribution is 9.10. The molecule has 0 saturated heterocycles. The first-order valence-electron chi connectivity index (χ1n) is 6.04. The summed E-state index contributed by atoms with van der Waals surface area (Å²) < 4.78 is 52.7. The molecule has 106 valence electrons. The highest BCUT2D eigenvalue weighted by Gasteiger charge is 2.24. The summed E-state index contributed by atoms with van der Waals surface area (Å²) in [5.41, 5.74) is 0. The fraction of sp³-hybridized carbons (Fsp3) is 0.500. The number of rotatable bonds is 5. The first-order chi connectivity index (χ1) is 8.90. The van der Waals surface area contributed by atoms with E-state index in [1.54, 1.807) is 0 Å². The molecular weight excluding hydrogens is 340 g/mol. The lowest BCUT2D eigenvalue weighted by atomic mass is 9.83. The average Bonchev–Trinajstić information content (AvgIpc) is 2.19. The van der Waals surface area contributed by atoms with Gasteiger partial charge in [-0.3, -0.25) is 0 Å². The molecule has 0 amide bonds. The molecule has 0 radical (unpaired) electrons. The monoisotopic (exact) mass is 353 g/mol. The minimum Gasteiger partial charge on any atom is -0.211 e. The molecule has 7 heteroatoms. The predicted octanol–water partition coefficient (Wildman–Crippen LogP) is 3.20. The number of nitrogens with one attached hydrogen (secondary N) is 1. The van der Waals surface area contributed by atoms with Gasteiger partial charge in [-0.25, -0.2) is 21.9 Å².